The molecule has 8 nitrogen and oxygen atoms in total. The van der Waals surface area contributed by atoms with Gasteiger partial charge in [0.05, 0.1) is 11.8 Å². The first-order valence-corrected chi connectivity index (χ1v) is 7.50. The zero-order valence-electron chi connectivity index (χ0n) is 13.4. The number of carbonyl (C=O) groups excluding carboxylic acids is 1. The predicted octanol–water partition coefficient (Wildman–Crippen LogP) is 2.46. The summed E-state index contributed by atoms with van der Waals surface area (Å²) in [6.07, 6.45) is 1.31. The minimum atomic E-state index is -0.801. The number of hydrogen-bond acceptors (Lipinski definition) is 6. The number of amides is 2. The zero-order valence-corrected chi connectivity index (χ0v) is 13.4. The lowest BCUT2D eigenvalue weighted by atomic mass is 10.1. The lowest BCUT2D eigenvalue weighted by molar-refractivity contribution is 0.243. The predicted molar refractivity (Wildman–Crippen MR) is 90.8 cm³/mol. The molecule has 3 rings (SSSR count). The molecule has 0 saturated carbocycles. The van der Waals surface area contributed by atoms with E-state index >= 15 is 0 Å². The van der Waals surface area contributed by atoms with Crippen LogP contribution in [0.15, 0.2) is 58.2 Å². The Bertz CT molecular complexity index is 927. The van der Waals surface area contributed by atoms with Gasteiger partial charge in [-0.05, 0) is 29.8 Å². The van der Waals surface area contributed by atoms with Crippen LogP contribution in [0.4, 0.5) is 9.18 Å². The van der Waals surface area contributed by atoms with E-state index in [1.807, 2.05) is 18.2 Å². The van der Waals surface area contributed by atoms with Gasteiger partial charge in [-0.15, -0.1) is 0 Å². The molecule has 26 heavy (non-hydrogen) atoms. The molecule has 0 aliphatic rings. The first-order chi connectivity index (χ1) is 12.6. The van der Waals surface area contributed by atoms with Crippen LogP contribution in [0.5, 0.6) is 5.75 Å². The number of para-hydroxylation sites is 1. The highest BCUT2D eigenvalue weighted by Crippen LogP contribution is 2.21. The summed E-state index contributed by atoms with van der Waals surface area (Å²) in [6.45, 7) is 0.0579. The van der Waals surface area contributed by atoms with Crippen molar-refractivity contribution >= 4 is 12.2 Å². The van der Waals surface area contributed by atoms with Crippen LogP contribution in [0.1, 0.15) is 11.5 Å². The molecule has 2 aromatic carbocycles. The van der Waals surface area contributed by atoms with E-state index in [4.69, 9.17) is 15.0 Å². The Labute approximate surface area is 147 Å². The standard InChI is InChI=1S/C17H14FN5O3/c18-14-7-6-11(9-20-22-17(19)24)8-13(14)16-21-15(26-23-16)10-25-12-4-2-1-3-5-12/h1-9H,10H2,(H3,19,22,24). The van der Waals surface area contributed by atoms with Crippen molar-refractivity contribution < 1.29 is 18.4 Å². The normalized spacial score (nSPS) is 10.8. The van der Waals surface area contributed by atoms with Gasteiger partial charge < -0.3 is 15.0 Å². The molecule has 0 atom stereocenters. The molecule has 0 aliphatic carbocycles. The summed E-state index contributed by atoms with van der Waals surface area (Å²) in [5.74, 6) is 0.407. The van der Waals surface area contributed by atoms with Gasteiger partial charge in [-0.25, -0.2) is 14.6 Å². The molecule has 0 unspecified atom stereocenters. The maximum atomic E-state index is 14.1. The maximum Gasteiger partial charge on any atom is 0.332 e. The Balaban J connectivity index is 1.73. The van der Waals surface area contributed by atoms with Crippen LogP contribution in [0.2, 0.25) is 0 Å². The Morgan fingerprint density at radius 2 is 2.12 bits per heavy atom. The summed E-state index contributed by atoms with van der Waals surface area (Å²) in [6, 6.07) is 12.5. The van der Waals surface area contributed by atoms with E-state index in [0.29, 0.717) is 11.3 Å². The van der Waals surface area contributed by atoms with Crippen molar-refractivity contribution in [2.45, 2.75) is 6.61 Å². The molecular weight excluding hydrogens is 341 g/mol. The third kappa shape index (κ3) is 4.41. The molecule has 0 fully saturated rings. The number of primary amides is 1. The molecule has 3 aromatic rings. The van der Waals surface area contributed by atoms with E-state index in [0.717, 1.165) is 0 Å². The number of urea groups is 1. The fourth-order valence-corrected chi connectivity index (χ4v) is 2.05. The minimum Gasteiger partial charge on any atom is -0.484 e. The van der Waals surface area contributed by atoms with Crippen molar-refractivity contribution in [1.82, 2.24) is 15.6 Å². The minimum absolute atomic E-state index is 0.0579. The van der Waals surface area contributed by atoms with Gasteiger partial charge in [0.15, 0.2) is 6.61 Å². The molecule has 0 radical (unpaired) electrons. The lowest BCUT2D eigenvalue weighted by Crippen LogP contribution is -2.24. The molecule has 3 N–H and O–H groups in total. The summed E-state index contributed by atoms with van der Waals surface area (Å²) in [7, 11) is 0. The summed E-state index contributed by atoms with van der Waals surface area (Å²) in [4.78, 5) is 14.7. The topological polar surface area (TPSA) is 116 Å². The van der Waals surface area contributed by atoms with Crippen LogP contribution in [0.3, 0.4) is 0 Å². The molecule has 0 aliphatic heterocycles. The highest BCUT2D eigenvalue weighted by Gasteiger charge is 2.14. The van der Waals surface area contributed by atoms with Gasteiger partial charge in [0, 0.05) is 0 Å². The molecule has 1 aromatic heterocycles. The molecule has 9 heteroatoms. The summed E-state index contributed by atoms with van der Waals surface area (Å²) in [5, 5.41) is 7.39. The third-order valence-corrected chi connectivity index (χ3v) is 3.19. The molecule has 0 bridgehead atoms. The largest absolute Gasteiger partial charge is 0.484 e. The number of aromatic nitrogens is 2. The molecular formula is C17H14FN5O3. The highest BCUT2D eigenvalue weighted by atomic mass is 19.1. The van der Waals surface area contributed by atoms with Gasteiger partial charge in [-0.1, -0.05) is 29.4 Å². The van der Waals surface area contributed by atoms with E-state index in [1.165, 1.54) is 24.4 Å². The second-order valence-electron chi connectivity index (χ2n) is 5.09. The summed E-state index contributed by atoms with van der Waals surface area (Å²) in [5.41, 5.74) is 7.60. The van der Waals surface area contributed by atoms with Gasteiger partial charge in [0.2, 0.25) is 5.82 Å². The summed E-state index contributed by atoms with van der Waals surface area (Å²) < 4.78 is 24.7. The number of nitrogens with one attached hydrogen (secondary N) is 1. The number of hydrazone groups is 1. The fraction of sp³-hybridized carbons (Fsp3) is 0.0588. The molecule has 0 saturated heterocycles. The second kappa shape index (κ2) is 7.88. The second-order valence-corrected chi connectivity index (χ2v) is 5.09. The number of ether oxygens (including phenoxy) is 1. The number of hydrogen-bond donors (Lipinski definition) is 2. The fourth-order valence-electron chi connectivity index (χ4n) is 2.05. The summed E-state index contributed by atoms with van der Waals surface area (Å²) >= 11 is 0. The first-order valence-electron chi connectivity index (χ1n) is 7.50. The van der Waals surface area contributed by atoms with Crippen molar-refractivity contribution in [2.24, 2.45) is 10.8 Å². The van der Waals surface area contributed by atoms with Crippen LogP contribution < -0.4 is 15.9 Å². The average molecular weight is 355 g/mol. The van der Waals surface area contributed by atoms with E-state index in [9.17, 15) is 9.18 Å². The zero-order chi connectivity index (χ0) is 18.4. The smallest absolute Gasteiger partial charge is 0.332 e. The number of nitrogens with two attached hydrogens (primary N) is 1. The number of halogens is 1. The van der Waals surface area contributed by atoms with Crippen LogP contribution in [-0.2, 0) is 6.61 Å². The average Bonchev–Trinajstić information content (AvgIpc) is 3.11. The third-order valence-electron chi connectivity index (χ3n) is 3.19. The van der Waals surface area contributed by atoms with E-state index in [-0.39, 0.29) is 23.9 Å². The van der Waals surface area contributed by atoms with Gasteiger partial charge in [-0.2, -0.15) is 10.1 Å². The number of carbonyl (C=O) groups is 1. The monoisotopic (exact) mass is 355 g/mol. The number of benzene rings is 2. The van der Waals surface area contributed by atoms with E-state index < -0.39 is 11.8 Å². The van der Waals surface area contributed by atoms with Crippen molar-refractivity contribution in [3.8, 4) is 17.1 Å². The highest BCUT2D eigenvalue weighted by molar-refractivity contribution is 5.83. The van der Waals surface area contributed by atoms with Crippen LogP contribution in [0.25, 0.3) is 11.4 Å². The van der Waals surface area contributed by atoms with Crippen molar-refractivity contribution in [3.63, 3.8) is 0 Å². The van der Waals surface area contributed by atoms with Gasteiger partial charge in [-0.3, -0.25) is 0 Å². The van der Waals surface area contributed by atoms with E-state index in [1.54, 1.807) is 12.1 Å². The molecule has 1 heterocycles. The lowest BCUT2D eigenvalue weighted by Gasteiger charge is -2.01. The van der Waals surface area contributed by atoms with Gasteiger partial charge in [0.1, 0.15) is 11.6 Å². The van der Waals surface area contributed by atoms with Crippen LogP contribution in [-0.4, -0.2) is 22.4 Å². The Morgan fingerprint density at radius 1 is 1.31 bits per heavy atom. The van der Waals surface area contributed by atoms with Gasteiger partial charge >= 0.3 is 6.03 Å². The van der Waals surface area contributed by atoms with Crippen LogP contribution >= 0.6 is 0 Å². The van der Waals surface area contributed by atoms with E-state index in [2.05, 4.69) is 20.7 Å². The van der Waals surface area contributed by atoms with Crippen molar-refractivity contribution in [1.29, 1.82) is 0 Å². The first kappa shape index (κ1) is 17.1. The van der Waals surface area contributed by atoms with Crippen molar-refractivity contribution in [2.75, 3.05) is 0 Å². The SMILES string of the molecule is NC(=O)NN=Cc1ccc(F)c(-c2noc(COc3ccccc3)n2)c1. The van der Waals surface area contributed by atoms with Crippen LogP contribution in [0, 0.1) is 5.82 Å². The molecule has 2 amide bonds. The maximum absolute atomic E-state index is 14.1. The quantitative estimate of drug-likeness (QED) is 0.520. The van der Waals surface area contributed by atoms with Crippen molar-refractivity contribution in [3.05, 3.63) is 65.8 Å². The Kier molecular flexibility index (Phi) is 5.18. The number of rotatable bonds is 6. The molecule has 0 spiro atoms. The molecule has 132 valence electrons. The van der Waals surface area contributed by atoms with Gasteiger partial charge in [0.25, 0.3) is 5.89 Å². The Hall–Kier alpha value is -3.75. The Morgan fingerprint density at radius 3 is 2.88 bits per heavy atom. The number of nitrogens with zero attached hydrogens (tertiary/aromatic N) is 3.